The predicted molar refractivity (Wildman–Crippen MR) is 87.6 cm³/mol. The Labute approximate surface area is 138 Å². The highest BCUT2D eigenvalue weighted by atomic mass is 79.9. The van der Waals surface area contributed by atoms with Crippen LogP contribution in [0.1, 0.15) is 14.5 Å². The van der Waals surface area contributed by atoms with E-state index in [2.05, 4.69) is 26.6 Å². The number of aryl methyl sites for hydroxylation is 1. The van der Waals surface area contributed by atoms with Gasteiger partial charge in [0.2, 0.25) is 0 Å². The van der Waals surface area contributed by atoms with E-state index >= 15 is 0 Å². The number of nitrogens with one attached hydrogen (secondary N) is 2. The number of ether oxygens (including phenoxy) is 2. The number of methoxy groups -OCH3 is 2. The zero-order valence-corrected chi connectivity index (χ0v) is 15.0. The first-order valence-electron chi connectivity index (χ1n) is 5.92. The SMILES string of the molecule is COCCNCCNC(=O)c1sc(C)c(Br)c1OC.Cl. The zero-order valence-electron chi connectivity index (χ0n) is 11.7. The van der Waals surface area contributed by atoms with E-state index in [9.17, 15) is 4.79 Å². The van der Waals surface area contributed by atoms with Crippen molar-refractivity contribution in [3.8, 4) is 5.75 Å². The molecule has 8 heteroatoms. The largest absolute Gasteiger partial charge is 0.494 e. The van der Waals surface area contributed by atoms with Crippen molar-refractivity contribution in [3.05, 3.63) is 14.2 Å². The molecule has 0 saturated heterocycles. The summed E-state index contributed by atoms with van der Waals surface area (Å²) in [5, 5.41) is 6.02. The molecular weight excluding hydrogens is 368 g/mol. The molecule has 0 aromatic carbocycles. The van der Waals surface area contributed by atoms with E-state index in [-0.39, 0.29) is 18.3 Å². The van der Waals surface area contributed by atoms with Crippen LogP contribution in [0.25, 0.3) is 0 Å². The Morgan fingerprint density at radius 1 is 1.30 bits per heavy atom. The molecule has 1 aromatic rings. The van der Waals surface area contributed by atoms with Crippen LogP contribution < -0.4 is 15.4 Å². The molecule has 0 unspecified atom stereocenters. The van der Waals surface area contributed by atoms with Gasteiger partial charge < -0.3 is 20.1 Å². The first-order chi connectivity index (χ1) is 9.11. The van der Waals surface area contributed by atoms with Gasteiger partial charge in [-0.3, -0.25) is 4.79 Å². The van der Waals surface area contributed by atoms with Gasteiger partial charge in [0.1, 0.15) is 4.88 Å². The van der Waals surface area contributed by atoms with Crippen molar-refractivity contribution in [2.75, 3.05) is 40.5 Å². The van der Waals surface area contributed by atoms with Crippen molar-refractivity contribution < 1.29 is 14.3 Å². The topological polar surface area (TPSA) is 59.6 Å². The fourth-order valence-corrected chi connectivity index (χ4v) is 3.15. The minimum absolute atomic E-state index is 0. The summed E-state index contributed by atoms with van der Waals surface area (Å²) in [4.78, 5) is 13.7. The first kappa shape index (κ1) is 19.7. The number of amides is 1. The summed E-state index contributed by atoms with van der Waals surface area (Å²) >= 11 is 4.84. The van der Waals surface area contributed by atoms with Gasteiger partial charge in [0.25, 0.3) is 5.91 Å². The molecule has 0 aliphatic rings. The first-order valence-corrected chi connectivity index (χ1v) is 7.53. The second-order valence-corrected chi connectivity index (χ2v) is 5.85. The molecule has 0 saturated carbocycles. The molecule has 0 aliphatic carbocycles. The third-order valence-electron chi connectivity index (χ3n) is 2.45. The summed E-state index contributed by atoms with van der Waals surface area (Å²) in [7, 11) is 3.22. The van der Waals surface area contributed by atoms with Gasteiger partial charge in [-0.25, -0.2) is 0 Å². The van der Waals surface area contributed by atoms with Crippen molar-refractivity contribution in [2.24, 2.45) is 0 Å². The third-order valence-corrected chi connectivity index (χ3v) is 4.75. The van der Waals surface area contributed by atoms with Crippen molar-refractivity contribution >= 4 is 45.6 Å². The Balaban J connectivity index is 0.00000361. The van der Waals surface area contributed by atoms with Crippen LogP contribution in [0.2, 0.25) is 0 Å². The third kappa shape index (κ3) is 5.57. The summed E-state index contributed by atoms with van der Waals surface area (Å²) in [6, 6.07) is 0. The Bertz CT molecular complexity index is 429. The fourth-order valence-electron chi connectivity index (χ4n) is 1.48. The highest BCUT2D eigenvalue weighted by Gasteiger charge is 2.20. The van der Waals surface area contributed by atoms with Crippen LogP contribution in [0.15, 0.2) is 4.47 Å². The lowest BCUT2D eigenvalue weighted by atomic mass is 10.3. The van der Waals surface area contributed by atoms with Crippen LogP contribution in [0, 0.1) is 6.92 Å². The molecule has 0 bridgehead atoms. The molecule has 0 aliphatic heterocycles. The lowest BCUT2D eigenvalue weighted by Gasteiger charge is -2.07. The van der Waals surface area contributed by atoms with Crippen LogP contribution >= 0.6 is 39.7 Å². The maximum Gasteiger partial charge on any atom is 0.265 e. The molecule has 0 fully saturated rings. The quantitative estimate of drug-likeness (QED) is 0.672. The lowest BCUT2D eigenvalue weighted by molar-refractivity contribution is 0.0955. The van der Waals surface area contributed by atoms with E-state index in [0.29, 0.717) is 30.3 Å². The van der Waals surface area contributed by atoms with Crippen molar-refractivity contribution in [1.82, 2.24) is 10.6 Å². The number of hydrogen-bond acceptors (Lipinski definition) is 5. The van der Waals surface area contributed by atoms with Crippen LogP contribution in [0.3, 0.4) is 0 Å². The second-order valence-electron chi connectivity index (χ2n) is 3.83. The van der Waals surface area contributed by atoms with Crippen LogP contribution in [0.4, 0.5) is 0 Å². The van der Waals surface area contributed by atoms with E-state index in [4.69, 9.17) is 9.47 Å². The average Bonchev–Trinajstić information content (AvgIpc) is 2.69. The van der Waals surface area contributed by atoms with Gasteiger partial charge in [-0.1, -0.05) is 0 Å². The molecule has 116 valence electrons. The fraction of sp³-hybridized carbons (Fsp3) is 0.583. The minimum atomic E-state index is -0.107. The van der Waals surface area contributed by atoms with Crippen molar-refractivity contribution in [1.29, 1.82) is 0 Å². The van der Waals surface area contributed by atoms with E-state index in [1.807, 2.05) is 6.92 Å². The highest BCUT2D eigenvalue weighted by Crippen LogP contribution is 2.38. The smallest absolute Gasteiger partial charge is 0.265 e. The molecule has 20 heavy (non-hydrogen) atoms. The predicted octanol–water partition coefficient (Wildman–Crippen LogP) is 2.22. The van der Waals surface area contributed by atoms with E-state index < -0.39 is 0 Å². The molecule has 0 spiro atoms. The van der Waals surface area contributed by atoms with Gasteiger partial charge >= 0.3 is 0 Å². The van der Waals surface area contributed by atoms with Crippen molar-refractivity contribution in [2.45, 2.75) is 6.92 Å². The summed E-state index contributed by atoms with van der Waals surface area (Å²) < 4.78 is 11.0. The minimum Gasteiger partial charge on any atom is -0.494 e. The molecule has 1 amide bonds. The van der Waals surface area contributed by atoms with Crippen molar-refractivity contribution in [3.63, 3.8) is 0 Å². The van der Waals surface area contributed by atoms with E-state index in [1.54, 1.807) is 14.2 Å². The number of hydrogen-bond donors (Lipinski definition) is 2. The zero-order chi connectivity index (χ0) is 14.3. The number of carbonyl (C=O) groups excluding carboxylic acids is 1. The maximum absolute atomic E-state index is 12.0. The van der Waals surface area contributed by atoms with Crippen LogP contribution in [-0.4, -0.2) is 46.4 Å². The van der Waals surface area contributed by atoms with Gasteiger partial charge in [-0.2, -0.15) is 0 Å². The molecule has 1 rings (SSSR count). The van der Waals surface area contributed by atoms with Gasteiger partial charge in [-0.05, 0) is 22.9 Å². The van der Waals surface area contributed by atoms with Gasteiger partial charge in [0.05, 0.1) is 18.2 Å². The standard InChI is InChI=1S/C12H19BrN2O3S.ClH/c1-8-9(13)10(18-3)11(19-8)12(16)15-5-4-14-6-7-17-2;/h14H,4-7H2,1-3H3,(H,15,16);1H. The Kier molecular flexibility index (Phi) is 10.2. The van der Waals surface area contributed by atoms with Gasteiger partial charge in [0.15, 0.2) is 5.75 Å². The van der Waals surface area contributed by atoms with Crippen LogP contribution in [-0.2, 0) is 4.74 Å². The molecule has 0 radical (unpaired) electrons. The highest BCUT2D eigenvalue weighted by molar-refractivity contribution is 9.10. The summed E-state index contributed by atoms with van der Waals surface area (Å²) in [5.74, 6) is 0.497. The second kappa shape index (κ2) is 10.4. The van der Waals surface area contributed by atoms with E-state index in [0.717, 1.165) is 15.9 Å². The Morgan fingerprint density at radius 3 is 2.60 bits per heavy atom. The van der Waals surface area contributed by atoms with Gasteiger partial charge in [-0.15, -0.1) is 23.7 Å². The summed E-state index contributed by atoms with van der Waals surface area (Å²) in [5.41, 5.74) is 0. The van der Waals surface area contributed by atoms with Crippen LogP contribution in [0.5, 0.6) is 5.75 Å². The number of halogens is 2. The molecule has 1 aromatic heterocycles. The maximum atomic E-state index is 12.0. The summed E-state index contributed by atoms with van der Waals surface area (Å²) in [6.45, 7) is 4.67. The lowest BCUT2D eigenvalue weighted by Crippen LogP contribution is -2.32. The van der Waals surface area contributed by atoms with Gasteiger partial charge in [0, 0.05) is 31.6 Å². The van der Waals surface area contributed by atoms with E-state index in [1.165, 1.54) is 11.3 Å². The Morgan fingerprint density at radius 2 is 2.00 bits per heavy atom. The monoisotopic (exact) mass is 386 g/mol. The molecule has 2 N–H and O–H groups in total. The Hall–Kier alpha value is -0.340. The number of rotatable bonds is 8. The molecular formula is C12H20BrClN2O3S. The number of thiophene rings is 1. The molecule has 1 heterocycles. The molecule has 0 atom stereocenters. The summed E-state index contributed by atoms with van der Waals surface area (Å²) in [6.07, 6.45) is 0. The average molecular weight is 388 g/mol. The normalized spacial score (nSPS) is 10.0. The molecule has 5 nitrogen and oxygen atoms in total. The number of carbonyl (C=O) groups is 1.